The maximum absolute atomic E-state index is 12.0. The number of hydrogen-bond acceptors (Lipinski definition) is 4. The monoisotopic (exact) mass is 250 g/mol. The van der Waals surface area contributed by atoms with E-state index in [9.17, 15) is 4.79 Å². The number of benzene rings is 1. The zero-order chi connectivity index (χ0) is 13.1. The summed E-state index contributed by atoms with van der Waals surface area (Å²) >= 11 is 0. The van der Waals surface area contributed by atoms with Crippen LogP contribution in [-0.2, 0) is 0 Å². The molecule has 0 bridgehead atoms. The van der Waals surface area contributed by atoms with Crippen LogP contribution < -0.4 is 5.32 Å². The Balaban J connectivity index is 1.96. The molecule has 0 aliphatic rings. The van der Waals surface area contributed by atoms with Crippen molar-refractivity contribution in [2.45, 2.75) is 0 Å². The second-order valence-electron chi connectivity index (χ2n) is 3.94. The van der Waals surface area contributed by atoms with Crippen molar-refractivity contribution in [1.29, 1.82) is 0 Å². The van der Waals surface area contributed by atoms with Crippen molar-refractivity contribution < 1.29 is 4.79 Å². The Morgan fingerprint density at radius 2 is 1.84 bits per heavy atom. The third-order valence-corrected chi connectivity index (χ3v) is 2.69. The molecule has 2 aromatic heterocycles. The highest BCUT2D eigenvalue weighted by atomic mass is 16.1. The second-order valence-corrected chi connectivity index (χ2v) is 3.94. The number of amides is 1. The molecule has 1 N–H and O–H groups in total. The molecule has 0 spiro atoms. The van der Waals surface area contributed by atoms with Crippen LogP contribution in [0.3, 0.4) is 0 Å². The average Bonchev–Trinajstić information content (AvgIpc) is 2.48. The number of nitrogens with zero attached hydrogens (tertiary/aromatic N) is 3. The van der Waals surface area contributed by atoms with Crippen molar-refractivity contribution in [2.24, 2.45) is 0 Å². The van der Waals surface area contributed by atoms with Gasteiger partial charge in [-0.15, -0.1) is 5.10 Å². The van der Waals surface area contributed by atoms with Crippen molar-refractivity contribution in [2.75, 3.05) is 5.32 Å². The first-order chi connectivity index (χ1) is 9.34. The summed E-state index contributed by atoms with van der Waals surface area (Å²) in [7, 11) is 0. The van der Waals surface area contributed by atoms with Gasteiger partial charge in [-0.25, -0.2) is 0 Å². The zero-order valence-electron chi connectivity index (χ0n) is 9.95. The van der Waals surface area contributed by atoms with Gasteiger partial charge in [0.15, 0.2) is 5.69 Å². The number of aromatic nitrogens is 3. The zero-order valence-corrected chi connectivity index (χ0v) is 9.95. The summed E-state index contributed by atoms with van der Waals surface area (Å²) in [6.07, 6.45) is 3.22. The van der Waals surface area contributed by atoms with Gasteiger partial charge in [-0.05, 0) is 24.3 Å². The first-order valence-corrected chi connectivity index (χ1v) is 5.77. The summed E-state index contributed by atoms with van der Waals surface area (Å²) < 4.78 is 0. The van der Waals surface area contributed by atoms with Crippen LogP contribution in [0.4, 0.5) is 5.69 Å². The van der Waals surface area contributed by atoms with Crippen LogP contribution in [0.1, 0.15) is 10.5 Å². The van der Waals surface area contributed by atoms with E-state index < -0.39 is 0 Å². The van der Waals surface area contributed by atoms with Crippen LogP contribution in [0.2, 0.25) is 0 Å². The number of carbonyl (C=O) groups is 1. The molecule has 0 saturated carbocycles. The van der Waals surface area contributed by atoms with Gasteiger partial charge in [-0.2, -0.15) is 5.10 Å². The SMILES string of the molecule is O=C(Nc1cccc2cccnc12)c1cccnn1. The average molecular weight is 250 g/mol. The van der Waals surface area contributed by atoms with E-state index in [0.29, 0.717) is 5.69 Å². The number of pyridine rings is 1. The molecular formula is C14H10N4O. The Morgan fingerprint density at radius 3 is 2.68 bits per heavy atom. The molecule has 0 fully saturated rings. The van der Waals surface area contributed by atoms with Crippen LogP contribution in [0.25, 0.3) is 10.9 Å². The topological polar surface area (TPSA) is 67.8 Å². The lowest BCUT2D eigenvalue weighted by Crippen LogP contribution is -2.14. The lowest BCUT2D eigenvalue weighted by Gasteiger charge is -2.06. The molecule has 0 saturated heterocycles. The van der Waals surface area contributed by atoms with E-state index in [4.69, 9.17) is 0 Å². The van der Waals surface area contributed by atoms with Crippen LogP contribution in [-0.4, -0.2) is 21.1 Å². The minimum Gasteiger partial charge on any atom is -0.319 e. The van der Waals surface area contributed by atoms with Crippen molar-refractivity contribution in [3.05, 3.63) is 60.6 Å². The van der Waals surface area contributed by atoms with E-state index in [2.05, 4.69) is 20.5 Å². The fourth-order valence-electron chi connectivity index (χ4n) is 1.81. The van der Waals surface area contributed by atoms with Crippen LogP contribution in [0.15, 0.2) is 54.9 Å². The number of hydrogen-bond donors (Lipinski definition) is 1. The quantitative estimate of drug-likeness (QED) is 0.757. The lowest BCUT2D eigenvalue weighted by atomic mass is 10.2. The predicted octanol–water partition coefficient (Wildman–Crippen LogP) is 2.28. The van der Waals surface area contributed by atoms with Gasteiger partial charge in [-0.1, -0.05) is 18.2 Å². The molecule has 0 radical (unpaired) electrons. The fraction of sp³-hybridized carbons (Fsp3) is 0. The molecule has 2 heterocycles. The van der Waals surface area contributed by atoms with Crippen molar-refractivity contribution in [3.8, 4) is 0 Å². The number of carbonyl (C=O) groups excluding carboxylic acids is 1. The third kappa shape index (κ3) is 2.26. The fourth-order valence-corrected chi connectivity index (χ4v) is 1.81. The summed E-state index contributed by atoms with van der Waals surface area (Å²) in [5.74, 6) is -0.300. The van der Waals surface area contributed by atoms with Crippen molar-refractivity contribution >= 4 is 22.5 Å². The van der Waals surface area contributed by atoms with Gasteiger partial charge in [0, 0.05) is 17.8 Å². The number of nitrogens with one attached hydrogen (secondary N) is 1. The van der Waals surface area contributed by atoms with Gasteiger partial charge in [-0.3, -0.25) is 9.78 Å². The maximum atomic E-state index is 12.0. The molecule has 3 rings (SSSR count). The molecule has 3 aromatic rings. The van der Waals surface area contributed by atoms with Crippen molar-refractivity contribution in [3.63, 3.8) is 0 Å². The molecule has 1 amide bonds. The van der Waals surface area contributed by atoms with Gasteiger partial charge in [0.1, 0.15) is 0 Å². The van der Waals surface area contributed by atoms with Gasteiger partial charge in [0.05, 0.1) is 11.2 Å². The highest BCUT2D eigenvalue weighted by molar-refractivity contribution is 6.07. The number of para-hydroxylation sites is 1. The second kappa shape index (κ2) is 4.81. The van der Waals surface area contributed by atoms with Gasteiger partial charge < -0.3 is 5.32 Å². The van der Waals surface area contributed by atoms with Gasteiger partial charge >= 0.3 is 0 Å². The summed E-state index contributed by atoms with van der Waals surface area (Å²) in [6, 6.07) is 12.7. The van der Waals surface area contributed by atoms with Crippen LogP contribution >= 0.6 is 0 Å². The molecule has 0 aliphatic heterocycles. The molecule has 5 heteroatoms. The highest BCUT2D eigenvalue weighted by Crippen LogP contribution is 2.20. The van der Waals surface area contributed by atoms with Gasteiger partial charge in [0.25, 0.3) is 5.91 Å². The Morgan fingerprint density at radius 1 is 1.00 bits per heavy atom. The minimum atomic E-state index is -0.300. The maximum Gasteiger partial charge on any atom is 0.276 e. The number of fused-ring (bicyclic) bond motifs is 1. The van der Waals surface area contributed by atoms with Gasteiger partial charge in [0.2, 0.25) is 0 Å². The Labute approximate surface area is 109 Å². The lowest BCUT2D eigenvalue weighted by molar-refractivity contribution is 0.102. The Kier molecular flexibility index (Phi) is 2.86. The highest BCUT2D eigenvalue weighted by Gasteiger charge is 2.09. The van der Waals surface area contributed by atoms with Crippen LogP contribution in [0.5, 0.6) is 0 Å². The molecule has 0 unspecified atom stereocenters. The molecule has 5 nitrogen and oxygen atoms in total. The van der Waals surface area contributed by atoms with Crippen LogP contribution in [0, 0.1) is 0 Å². The molecule has 92 valence electrons. The Bertz CT molecular complexity index is 722. The van der Waals surface area contributed by atoms with E-state index in [1.165, 1.54) is 6.20 Å². The molecule has 0 atom stereocenters. The van der Waals surface area contributed by atoms with E-state index in [-0.39, 0.29) is 11.6 Å². The standard InChI is InChI=1S/C14H10N4O/c19-14(12-7-3-9-16-18-12)17-11-6-1-4-10-5-2-8-15-13(10)11/h1-9H,(H,17,19). The minimum absolute atomic E-state index is 0.274. The largest absolute Gasteiger partial charge is 0.319 e. The predicted molar refractivity (Wildman–Crippen MR) is 71.7 cm³/mol. The molecular weight excluding hydrogens is 240 g/mol. The number of rotatable bonds is 2. The third-order valence-electron chi connectivity index (χ3n) is 2.69. The molecule has 0 aliphatic carbocycles. The summed E-state index contributed by atoms with van der Waals surface area (Å²) in [4.78, 5) is 16.3. The molecule has 19 heavy (non-hydrogen) atoms. The number of anilines is 1. The van der Waals surface area contributed by atoms with E-state index in [1.54, 1.807) is 18.3 Å². The normalized spacial score (nSPS) is 10.3. The first kappa shape index (κ1) is 11.3. The summed E-state index contributed by atoms with van der Waals surface area (Å²) in [6.45, 7) is 0. The summed E-state index contributed by atoms with van der Waals surface area (Å²) in [5, 5.41) is 11.2. The summed E-state index contributed by atoms with van der Waals surface area (Å²) in [5.41, 5.74) is 1.69. The Hall–Kier alpha value is -2.82. The van der Waals surface area contributed by atoms with E-state index in [1.807, 2.05) is 30.3 Å². The van der Waals surface area contributed by atoms with E-state index in [0.717, 1.165) is 10.9 Å². The molecule has 1 aromatic carbocycles. The first-order valence-electron chi connectivity index (χ1n) is 5.77. The van der Waals surface area contributed by atoms with E-state index >= 15 is 0 Å². The van der Waals surface area contributed by atoms with Crippen molar-refractivity contribution in [1.82, 2.24) is 15.2 Å². The smallest absolute Gasteiger partial charge is 0.276 e.